The monoisotopic (exact) mass is 436 g/mol. The number of guanidine groups is 1. The first kappa shape index (κ1) is 18.2. The quantitative estimate of drug-likeness (QED) is 0.375. The standard InChI is InChI=1S/C17H20N6.HI/c1-13-6-5-8-16-22-15(12-23(13)16)11-21-17(18-2)20-10-14-7-3-4-9-19-14;/h3-9,12H,10-11H2,1-2H3,(H2,18,20,21);1H. The molecule has 3 heterocycles. The van der Waals surface area contributed by atoms with Crippen LogP contribution in [-0.4, -0.2) is 27.4 Å². The van der Waals surface area contributed by atoms with Crippen molar-refractivity contribution < 1.29 is 0 Å². The molecule has 0 aliphatic carbocycles. The first-order chi connectivity index (χ1) is 11.3. The number of hydrogen-bond acceptors (Lipinski definition) is 3. The van der Waals surface area contributed by atoms with E-state index in [1.54, 1.807) is 13.2 Å². The van der Waals surface area contributed by atoms with Crippen LogP contribution in [0.5, 0.6) is 0 Å². The molecule has 3 rings (SSSR count). The third-order valence-electron chi connectivity index (χ3n) is 3.57. The summed E-state index contributed by atoms with van der Waals surface area (Å²) >= 11 is 0. The Bertz CT molecular complexity index is 812. The maximum Gasteiger partial charge on any atom is 0.191 e. The SMILES string of the molecule is CN=C(NCc1ccccn1)NCc1cn2c(C)cccc2n1.I. The average molecular weight is 436 g/mol. The van der Waals surface area contributed by atoms with Crippen molar-refractivity contribution in [3.05, 3.63) is 65.9 Å². The van der Waals surface area contributed by atoms with Gasteiger partial charge in [0.05, 0.1) is 24.5 Å². The van der Waals surface area contributed by atoms with E-state index >= 15 is 0 Å². The van der Waals surface area contributed by atoms with Gasteiger partial charge < -0.3 is 15.0 Å². The number of hydrogen-bond donors (Lipinski definition) is 2. The second kappa shape index (κ2) is 8.62. The smallest absolute Gasteiger partial charge is 0.191 e. The van der Waals surface area contributed by atoms with Gasteiger partial charge in [0, 0.05) is 25.1 Å². The second-order valence-corrected chi connectivity index (χ2v) is 5.23. The molecule has 7 heteroatoms. The van der Waals surface area contributed by atoms with E-state index in [9.17, 15) is 0 Å². The van der Waals surface area contributed by atoms with Crippen LogP contribution in [0.15, 0.2) is 53.8 Å². The molecule has 0 spiro atoms. The normalized spacial score (nSPS) is 11.2. The van der Waals surface area contributed by atoms with Crippen LogP contribution in [0.25, 0.3) is 5.65 Å². The summed E-state index contributed by atoms with van der Waals surface area (Å²) in [6.45, 7) is 3.31. The van der Waals surface area contributed by atoms with Gasteiger partial charge in [-0.05, 0) is 31.2 Å². The first-order valence-electron chi connectivity index (χ1n) is 7.54. The summed E-state index contributed by atoms with van der Waals surface area (Å²) in [5.74, 6) is 0.726. The molecule has 126 valence electrons. The van der Waals surface area contributed by atoms with Crippen molar-refractivity contribution in [1.82, 2.24) is 25.0 Å². The van der Waals surface area contributed by atoms with Crippen molar-refractivity contribution in [2.24, 2.45) is 4.99 Å². The maximum atomic E-state index is 4.60. The lowest BCUT2D eigenvalue weighted by molar-refractivity contribution is 0.786. The maximum absolute atomic E-state index is 4.60. The van der Waals surface area contributed by atoms with Gasteiger partial charge in [0.25, 0.3) is 0 Å². The van der Waals surface area contributed by atoms with E-state index < -0.39 is 0 Å². The van der Waals surface area contributed by atoms with Crippen LogP contribution < -0.4 is 10.6 Å². The van der Waals surface area contributed by atoms with Crippen molar-refractivity contribution in [1.29, 1.82) is 0 Å². The molecular weight excluding hydrogens is 415 g/mol. The molecule has 0 unspecified atom stereocenters. The minimum absolute atomic E-state index is 0. The van der Waals surface area contributed by atoms with Crippen molar-refractivity contribution in [2.45, 2.75) is 20.0 Å². The largest absolute Gasteiger partial charge is 0.351 e. The molecule has 0 aromatic carbocycles. The number of fused-ring (bicyclic) bond motifs is 1. The molecule has 6 nitrogen and oxygen atoms in total. The van der Waals surface area contributed by atoms with Crippen molar-refractivity contribution in [2.75, 3.05) is 7.05 Å². The first-order valence-corrected chi connectivity index (χ1v) is 7.54. The number of imidazole rings is 1. The molecule has 0 saturated carbocycles. The van der Waals surface area contributed by atoms with Crippen LogP contribution in [-0.2, 0) is 13.1 Å². The fourth-order valence-corrected chi connectivity index (χ4v) is 2.36. The summed E-state index contributed by atoms with van der Waals surface area (Å²) in [4.78, 5) is 13.1. The number of rotatable bonds is 4. The highest BCUT2D eigenvalue weighted by Gasteiger charge is 2.04. The molecule has 3 aromatic rings. The number of halogens is 1. The lowest BCUT2D eigenvalue weighted by Gasteiger charge is -2.10. The number of aryl methyl sites for hydroxylation is 1. The molecular formula is C17H21IN6. The number of pyridine rings is 2. The summed E-state index contributed by atoms with van der Waals surface area (Å²) in [6.07, 6.45) is 3.83. The van der Waals surface area contributed by atoms with Gasteiger partial charge in [0.2, 0.25) is 0 Å². The Morgan fingerprint density at radius 2 is 1.88 bits per heavy atom. The Kier molecular flexibility index (Phi) is 6.53. The predicted octanol–water partition coefficient (Wildman–Crippen LogP) is 2.52. The van der Waals surface area contributed by atoms with Crippen LogP contribution in [0, 0.1) is 6.92 Å². The van der Waals surface area contributed by atoms with Gasteiger partial charge in [-0.1, -0.05) is 12.1 Å². The van der Waals surface area contributed by atoms with Crippen molar-refractivity contribution in [3.8, 4) is 0 Å². The molecule has 0 radical (unpaired) electrons. The summed E-state index contributed by atoms with van der Waals surface area (Å²) < 4.78 is 2.08. The molecule has 0 atom stereocenters. The molecule has 0 saturated heterocycles. The molecule has 0 fully saturated rings. The highest BCUT2D eigenvalue weighted by molar-refractivity contribution is 14.0. The van der Waals surface area contributed by atoms with Gasteiger partial charge in [-0.15, -0.1) is 24.0 Å². The lowest BCUT2D eigenvalue weighted by Crippen LogP contribution is -2.36. The second-order valence-electron chi connectivity index (χ2n) is 5.23. The minimum atomic E-state index is 0. The van der Waals surface area contributed by atoms with Gasteiger partial charge in [-0.2, -0.15) is 0 Å². The van der Waals surface area contributed by atoms with E-state index in [-0.39, 0.29) is 24.0 Å². The zero-order valence-electron chi connectivity index (χ0n) is 13.7. The lowest BCUT2D eigenvalue weighted by atomic mass is 10.3. The molecule has 3 aromatic heterocycles. The van der Waals surface area contributed by atoms with Gasteiger partial charge in [-0.3, -0.25) is 9.98 Å². The fourth-order valence-electron chi connectivity index (χ4n) is 2.36. The highest BCUT2D eigenvalue weighted by atomic mass is 127. The Morgan fingerprint density at radius 3 is 2.54 bits per heavy atom. The van der Waals surface area contributed by atoms with Gasteiger partial charge >= 0.3 is 0 Å². The Morgan fingerprint density at radius 1 is 1.08 bits per heavy atom. The fraction of sp³-hybridized carbons (Fsp3) is 0.235. The Labute approximate surface area is 158 Å². The van der Waals surface area contributed by atoms with Gasteiger partial charge in [0.15, 0.2) is 5.96 Å². The van der Waals surface area contributed by atoms with Gasteiger partial charge in [-0.25, -0.2) is 4.98 Å². The third kappa shape index (κ3) is 4.44. The highest BCUT2D eigenvalue weighted by Crippen LogP contribution is 2.08. The van der Waals surface area contributed by atoms with Crippen LogP contribution in [0.4, 0.5) is 0 Å². The molecule has 2 N–H and O–H groups in total. The van der Waals surface area contributed by atoms with Crippen LogP contribution in [0.1, 0.15) is 17.1 Å². The Hall–Kier alpha value is -2.16. The van der Waals surface area contributed by atoms with Gasteiger partial charge in [0.1, 0.15) is 5.65 Å². The zero-order valence-corrected chi connectivity index (χ0v) is 16.1. The topological polar surface area (TPSA) is 66.6 Å². The van der Waals surface area contributed by atoms with Crippen LogP contribution in [0.3, 0.4) is 0 Å². The summed E-state index contributed by atoms with van der Waals surface area (Å²) in [5, 5.41) is 6.51. The average Bonchev–Trinajstić information content (AvgIpc) is 3.00. The summed E-state index contributed by atoms with van der Waals surface area (Å²) in [5.41, 5.74) is 4.07. The summed E-state index contributed by atoms with van der Waals surface area (Å²) in [6, 6.07) is 11.9. The summed E-state index contributed by atoms with van der Waals surface area (Å²) in [7, 11) is 1.75. The number of nitrogens with zero attached hydrogens (tertiary/aromatic N) is 4. The van der Waals surface area contributed by atoms with E-state index in [2.05, 4.69) is 43.0 Å². The van der Waals surface area contributed by atoms with E-state index in [1.807, 2.05) is 36.5 Å². The van der Waals surface area contributed by atoms with Crippen molar-refractivity contribution in [3.63, 3.8) is 0 Å². The number of nitrogens with one attached hydrogen (secondary N) is 2. The Balaban J connectivity index is 0.00000208. The zero-order chi connectivity index (χ0) is 16.1. The molecule has 0 amide bonds. The molecule has 0 bridgehead atoms. The van der Waals surface area contributed by atoms with Crippen LogP contribution >= 0.6 is 24.0 Å². The molecule has 24 heavy (non-hydrogen) atoms. The van der Waals surface area contributed by atoms with Crippen LogP contribution in [0.2, 0.25) is 0 Å². The van der Waals surface area contributed by atoms with E-state index in [0.29, 0.717) is 13.1 Å². The number of aliphatic imine (C=N–C) groups is 1. The van der Waals surface area contributed by atoms with Crippen molar-refractivity contribution >= 4 is 35.6 Å². The molecule has 0 aliphatic heterocycles. The van der Waals surface area contributed by atoms with E-state index in [0.717, 1.165) is 23.0 Å². The van der Waals surface area contributed by atoms with E-state index in [4.69, 9.17) is 0 Å². The number of aromatic nitrogens is 3. The third-order valence-corrected chi connectivity index (χ3v) is 3.57. The van der Waals surface area contributed by atoms with E-state index in [1.165, 1.54) is 5.69 Å². The minimum Gasteiger partial charge on any atom is -0.351 e. The predicted molar refractivity (Wildman–Crippen MR) is 107 cm³/mol. The molecule has 0 aliphatic rings.